The molecular formula is C48H52Cl2F4N8O4S. The first-order valence-corrected chi connectivity index (χ1v) is 24.1. The standard InChI is InChI=1S/C48H52Cl2F4N8O4S/c1-58(2)45(63)43-42(50)39-26-59(16-6-18-62(39)57-43)44-36-27-67-40(21-38(36)55-46(56-44)66-28-47-15-5-17-61(47)25-31(51)22-47)35-19-32(20-37(49)41(35)48(52,53)54)60(23-29-7-11-33(64-3)12-8-29)24-30-9-13-34(65-4)14-10-30/h7-14,19-20,31,40H,5-6,15-18,21-28H2,1-4H3/t31-,40?,47+/m1/s1. The van der Waals surface area contributed by atoms with Crippen molar-refractivity contribution in [3.05, 3.63) is 116 Å². The number of hydrogen-bond acceptors (Lipinski definition) is 11. The molecule has 2 fully saturated rings. The van der Waals surface area contributed by atoms with Gasteiger partial charge in [-0.1, -0.05) is 47.5 Å². The molecule has 356 valence electrons. The fourth-order valence-corrected chi connectivity index (χ4v) is 11.8. The lowest BCUT2D eigenvalue weighted by molar-refractivity contribution is -0.138. The Hall–Kier alpha value is -4.97. The van der Waals surface area contributed by atoms with Crippen molar-refractivity contribution >= 4 is 52.4 Å². The number of nitrogens with zero attached hydrogens (tertiary/aromatic N) is 8. The average molecular weight is 984 g/mol. The number of hydrogen-bond donors (Lipinski definition) is 0. The van der Waals surface area contributed by atoms with Gasteiger partial charge in [0.2, 0.25) is 0 Å². The Bertz CT molecular complexity index is 2570. The Morgan fingerprint density at radius 1 is 0.940 bits per heavy atom. The first-order chi connectivity index (χ1) is 32.1. The number of amides is 1. The highest BCUT2D eigenvalue weighted by Gasteiger charge is 2.49. The van der Waals surface area contributed by atoms with Crippen molar-refractivity contribution in [3.8, 4) is 17.5 Å². The molecule has 6 heterocycles. The van der Waals surface area contributed by atoms with Gasteiger partial charge in [0, 0.05) is 81.9 Å². The molecule has 1 unspecified atom stereocenters. The molecular weight excluding hydrogens is 932 g/mol. The van der Waals surface area contributed by atoms with E-state index in [9.17, 15) is 9.18 Å². The SMILES string of the molecule is COc1ccc(CN(Cc2ccc(OC)cc2)c2cc(Cl)c(C(F)(F)F)c(C3Cc4nc(OC[C@@]56CCCN5C[C@H](F)C6)nc(N5CCCn6nc(C(=O)N(C)C)c(Cl)c6C5)c4CS3)c2)cc1. The van der Waals surface area contributed by atoms with Gasteiger partial charge in [0.1, 0.15) is 30.1 Å². The molecule has 4 aliphatic rings. The number of rotatable bonds is 13. The van der Waals surface area contributed by atoms with Gasteiger partial charge in [0.15, 0.2) is 5.69 Å². The van der Waals surface area contributed by atoms with E-state index in [2.05, 4.69) is 14.9 Å². The van der Waals surface area contributed by atoms with Crippen LogP contribution in [0.2, 0.25) is 10.0 Å². The van der Waals surface area contributed by atoms with E-state index < -0.39 is 33.7 Å². The number of alkyl halides is 4. The predicted molar refractivity (Wildman–Crippen MR) is 252 cm³/mol. The highest BCUT2D eigenvalue weighted by atomic mass is 35.5. The van der Waals surface area contributed by atoms with Crippen LogP contribution in [0, 0.1) is 0 Å². The van der Waals surface area contributed by atoms with Crippen molar-refractivity contribution in [1.29, 1.82) is 0 Å². The maximum absolute atomic E-state index is 15.3. The molecule has 3 atom stereocenters. The summed E-state index contributed by atoms with van der Waals surface area (Å²) in [5, 5.41) is 3.73. The zero-order valence-corrected chi connectivity index (χ0v) is 40.0. The number of halogens is 6. The van der Waals surface area contributed by atoms with Crippen LogP contribution in [0.1, 0.15) is 80.6 Å². The Morgan fingerprint density at radius 3 is 2.27 bits per heavy atom. The van der Waals surface area contributed by atoms with E-state index in [0.29, 0.717) is 80.0 Å². The molecule has 1 amide bonds. The van der Waals surface area contributed by atoms with Gasteiger partial charge in [-0.2, -0.15) is 28.2 Å². The number of ether oxygens (including phenoxy) is 3. The van der Waals surface area contributed by atoms with Crippen LogP contribution in [0.3, 0.4) is 0 Å². The zero-order chi connectivity index (χ0) is 47.2. The van der Waals surface area contributed by atoms with Gasteiger partial charge < -0.3 is 28.9 Å². The number of fused-ring (bicyclic) bond motifs is 3. The van der Waals surface area contributed by atoms with Gasteiger partial charge in [-0.05, 0) is 78.9 Å². The summed E-state index contributed by atoms with van der Waals surface area (Å²) in [6, 6.07) is 18.2. The Morgan fingerprint density at radius 2 is 1.63 bits per heavy atom. The Kier molecular flexibility index (Phi) is 13.5. The van der Waals surface area contributed by atoms with Crippen molar-refractivity contribution in [2.24, 2.45) is 0 Å². The van der Waals surface area contributed by atoms with E-state index in [1.54, 1.807) is 39.1 Å². The fraction of sp³-hybridized carbons (Fsp3) is 0.458. The Balaban J connectivity index is 1.10. The minimum absolute atomic E-state index is 0.0479. The maximum atomic E-state index is 15.3. The first kappa shape index (κ1) is 47.1. The molecule has 4 aliphatic heterocycles. The van der Waals surface area contributed by atoms with E-state index in [0.717, 1.165) is 36.1 Å². The normalized spacial score (nSPS) is 20.5. The molecule has 12 nitrogen and oxygen atoms in total. The van der Waals surface area contributed by atoms with E-state index >= 15 is 13.2 Å². The molecule has 3 aromatic carbocycles. The topological polar surface area (TPSA) is 101 Å². The van der Waals surface area contributed by atoms with Gasteiger partial charge in [-0.3, -0.25) is 14.4 Å². The summed E-state index contributed by atoms with van der Waals surface area (Å²) in [5.41, 5.74) is 3.16. The average Bonchev–Trinajstić information content (AvgIpc) is 3.88. The maximum Gasteiger partial charge on any atom is 0.418 e. The van der Waals surface area contributed by atoms with E-state index in [-0.39, 0.29) is 53.5 Å². The number of carbonyl (C=O) groups is 1. The van der Waals surface area contributed by atoms with Gasteiger partial charge in [0.25, 0.3) is 5.91 Å². The summed E-state index contributed by atoms with van der Waals surface area (Å²) in [7, 11) is 6.46. The summed E-state index contributed by atoms with van der Waals surface area (Å²) in [5.74, 6) is 1.91. The summed E-state index contributed by atoms with van der Waals surface area (Å²) in [6.45, 7) is 3.34. The molecule has 9 rings (SSSR count). The largest absolute Gasteiger partial charge is 0.497 e. The molecule has 0 saturated carbocycles. The molecule has 0 bridgehead atoms. The second-order valence-electron chi connectivity index (χ2n) is 17.9. The number of anilines is 2. The monoisotopic (exact) mass is 982 g/mol. The third kappa shape index (κ3) is 9.70. The lowest BCUT2D eigenvalue weighted by atomic mass is 9.95. The molecule has 2 aromatic heterocycles. The zero-order valence-electron chi connectivity index (χ0n) is 37.7. The van der Waals surface area contributed by atoms with Crippen molar-refractivity contribution in [1.82, 2.24) is 29.5 Å². The number of thioether (sulfide) groups is 1. The molecule has 2 saturated heterocycles. The highest BCUT2D eigenvalue weighted by molar-refractivity contribution is 7.98. The molecule has 67 heavy (non-hydrogen) atoms. The molecule has 0 aliphatic carbocycles. The van der Waals surface area contributed by atoms with Gasteiger partial charge in [-0.25, -0.2) is 4.39 Å². The van der Waals surface area contributed by atoms with Crippen LogP contribution in [0.5, 0.6) is 17.5 Å². The minimum Gasteiger partial charge on any atom is -0.497 e. The third-order valence-corrected chi connectivity index (χ3v) is 15.3. The van der Waals surface area contributed by atoms with Gasteiger partial charge >= 0.3 is 12.2 Å². The molecule has 0 radical (unpaired) electrons. The number of methoxy groups -OCH3 is 2. The number of benzene rings is 3. The predicted octanol–water partition coefficient (Wildman–Crippen LogP) is 9.82. The molecule has 5 aromatic rings. The summed E-state index contributed by atoms with van der Waals surface area (Å²) < 4.78 is 79.8. The van der Waals surface area contributed by atoms with Crippen LogP contribution in [0.15, 0.2) is 60.7 Å². The first-order valence-electron chi connectivity index (χ1n) is 22.3. The molecule has 0 spiro atoms. The van der Waals surface area contributed by atoms with Crippen LogP contribution in [0.25, 0.3) is 0 Å². The second kappa shape index (κ2) is 19.2. The lowest BCUT2D eigenvalue weighted by Crippen LogP contribution is -2.43. The van der Waals surface area contributed by atoms with Gasteiger partial charge in [0.05, 0.1) is 53.3 Å². The minimum atomic E-state index is -4.77. The van der Waals surface area contributed by atoms with Crippen molar-refractivity contribution in [2.75, 3.05) is 64.4 Å². The Labute approximate surface area is 401 Å². The number of carbonyl (C=O) groups excluding carboxylic acids is 1. The summed E-state index contributed by atoms with van der Waals surface area (Å²) in [4.78, 5) is 30.7. The fourth-order valence-electron chi connectivity index (χ4n) is 9.90. The van der Waals surface area contributed by atoms with Crippen molar-refractivity contribution in [3.63, 3.8) is 0 Å². The van der Waals surface area contributed by atoms with Gasteiger partial charge in [-0.15, -0.1) is 11.8 Å². The van der Waals surface area contributed by atoms with Crippen LogP contribution in [0.4, 0.5) is 29.1 Å². The number of aryl methyl sites for hydroxylation is 1. The van der Waals surface area contributed by atoms with E-state index in [1.807, 2.05) is 53.4 Å². The van der Waals surface area contributed by atoms with E-state index in [1.165, 1.54) is 22.7 Å². The summed E-state index contributed by atoms with van der Waals surface area (Å²) >= 11 is 15.0. The van der Waals surface area contributed by atoms with Crippen LogP contribution < -0.4 is 24.0 Å². The van der Waals surface area contributed by atoms with E-state index in [4.69, 9.17) is 47.4 Å². The molecule has 19 heteroatoms. The van der Waals surface area contributed by atoms with Crippen LogP contribution in [-0.4, -0.2) is 102 Å². The van der Waals surface area contributed by atoms with Crippen molar-refractivity contribution < 1.29 is 36.6 Å². The van der Waals surface area contributed by atoms with Crippen LogP contribution in [-0.2, 0) is 44.5 Å². The highest BCUT2D eigenvalue weighted by Crippen LogP contribution is 2.50. The number of aromatic nitrogens is 4. The quantitative estimate of drug-likeness (QED) is 0.106. The summed E-state index contributed by atoms with van der Waals surface area (Å²) in [6.07, 6.45) is -2.93. The smallest absolute Gasteiger partial charge is 0.418 e. The second-order valence-corrected chi connectivity index (χ2v) is 19.8. The lowest BCUT2D eigenvalue weighted by Gasteiger charge is -2.33. The molecule has 0 N–H and O–H groups in total. The van der Waals surface area contributed by atoms with Crippen LogP contribution >= 0.6 is 35.0 Å². The van der Waals surface area contributed by atoms with Crippen molar-refractivity contribution in [2.45, 2.75) is 87.2 Å². The third-order valence-electron chi connectivity index (χ3n) is 13.3.